The number of carboxylic acid groups (broad SMARTS) is 1. The van der Waals surface area contributed by atoms with Crippen molar-refractivity contribution in [2.45, 2.75) is 39.8 Å². The normalized spacial score (nSPS) is 23.9. The number of carbonyl (C=O) groups excluding carboxylic acids is 2. The van der Waals surface area contributed by atoms with E-state index in [1.165, 1.54) is 18.7 Å². The number of ether oxygens (including phenoxy) is 1. The second kappa shape index (κ2) is 6.51. The van der Waals surface area contributed by atoms with Crippen LogP contribution < -0.4 is 5.32 Å². The van der Waals surface area contributed by atoms with Crippen LogP contribution in [0.5, 0.6) is 0 Å². The van der Waals surface area contributed by atoms with Crippen LogP contribution in [0, 0.1) is 0 Å². The summed E-state index contributed by atoms with van der Waals surface area (Å²) in [4.78, 5) is 36.1. The molecule has 0 aromatic rings. The molecule has 1 heterocycles. The molecule has 20 heavy (non-hydrogen) atoms. The molecule has 2 unspecified atom stereocenters. The van der Waals surface area contributed by atoms with Crippen molar-refractivity contribution in [3.8, 4) is 0 Å². The summed E-state index contributed by atoms with van der Waals surface area (Å²) in [6, 6.07) is -0.668. The van der Waals surface area contributed by atoms with Crippen LogP contribution in [-0.4, -0.2) is 53.2 Å². The number of rotatable bonds is 2. The fourth-order valence-electron chi connectivity index (χ4n) is 1.78. The molecule has 1 saturated heterocycles. The number of aliphatic carboxylic acids is 1. The third-order valence-electron chi connectivity index (χ3n) is 3.31. The van der Waals surface area contributed by atoms with Gasteiger partial charge in [0.25, 0.3) is 5.91 Å². The van der Waals surface area contributed by atoms with E-state index in [4.69, 9.17) is 9.84 Å². The first-order chi connectivity index (χ1) is 9.23. The molecule has 1 rings (SSSR count). The zero-order chi connectivity index (χ0) is 15.4. The second-order valence-electron chi connectivity index (χ2n) is 4.96. The van der Waals surface area contributed by atoms with Crippen molar-refractivity contribution in [2.75, 3.05) is 13.2 Å². The van der Waals surface area contributed by atoms with Gasteiger partial charge in [-0.1, -0.05) is 0 Å². The number of hydrogen-bond donors (Lipinski definition) is 2. The molecule has 7 heteroatoms. The Bertz CT molecular complexity index is 458. The summed E-state index contributed by atoms with van der Waals surface area (Å²) in [5, 5.41) is 11.0. The Hall–Kier alpha value is -1.89. The van der Waals surface area contributed by atoms with E-state index in [-0.39, 0.29) is 23.3 Å². The van der Waals surface area contributed by atoms with Gasteiger partial charge in [-0.25, -0.2) is 9.59 Å². The average Bonchev–Trinajstić information content (AvgIpc) is 2.39. The number of urea groups is 1. The molecule has 2 atom stereocenters. The molecule has 0 spiro atoms. The van der Waals surface area contributed by atoms with Crippen molar-refractivity contribution in [3.63, 3.8) is 0 Å². The third-order valence-corrected chi connectivity index (χ3v) is 3.31. The first kappa shape index (κ1) is 16.2. The van der Waals surface area contributed by atoms with E-state index >= 15 is 0 Å². The predicted octanol–water partition coefficient (Wildman–Crippen LogP) is 0.753. The quantitative estimate of drug-likeness (QED) is 0.730. The van der Waals surface area contributed by atoms with Gasteiger partial charge in [0.15, 0.2) is 0 Å². The number of nitrogens with zero attached hydrogens (tertiary/aromatic N) is 1. The lowest BCUT2D eigenvalue weighted by atomic mass is 10.1. The van der Waals surface area contributed by atoms with Crippen molar-refractivity contribution in [2.24, 2.45) is 0 Å². The van der Waals surface area contributed by atoms with Gasteiger partial charge < -0.3 is 14.7 Å². The molecule has 7 nitrogen and oxygen atoms in total. The molecule has 112 valence electrons. The van der Waals surface area contributed by atoms with Gasteiger partial charge in [-0.3, -0.25) is 10.1 Å². The first-order valence-electron chi connectivity index (χ1n) is 6.38. The number of hydrogen-bond acceptors (Lipinski definition) is 4. The van der Waals surface area contributed by atoms with Gasteiger partial charge in [-0.05, 0) is 27.7 Å². The molecule has 1 aliphatic rings. The van der Waals surface area contributed by atoms with Gasteiger partial charge in [0, 0.05) is 17.7 Å². The Morgan fingerprint density at radius 2 is 1.80 bits per heavy atom. The minimum absolute atomic E-state index is 0.0137. The molecule has 0 aliphatic carbocycles. The Balaban J connectivity index is 2.73. The summed E-state index contributed by atoms with van der Waals surface area (Å²) >= 11 is 0. The SMILES string of the molecule is CC(C(=O)O)=C(C)C(=O)NC(=O)N1CC(C)OCC1C. The van der Waals surface area contributed by atoms with Gasteiger partial charge in [-0.2, -0.15) is 0 Å². The van der Waals surface area contributed by atoms with Crippen LogP contribution in [0.3, 0.4) is 0 Å². The molecule has 0 bridgehead atoms. The Kier molecular flexibility index (Phi) is 5.26. The molecular weight excluding hydrogens is 264 g/mol. The molecule has 2 N–H and O–H groups in total. The van der Waals surface area contributed by atoms with Crippen LogP contribution in [0.15, 0.2) is 11.1 Å². The van der Waals surface area contributed by atoms with Crippen LogP contribution in [0.1, 0.15) is 27.7 Å². The number of carbonyl (C=O) groups is 3. The summed E-state index contributed by atoms with van der Waals surface area (Å²) in [6.45, 7) is 7.15. The van der Waals surface area contributed by atoms with E-state index in [1.54, 1.807) is 0 Å². The van der Waals surface area contributed by atoms with Crippen molar-refractivity contribution in [3.05, 3.63) is 11.1 Å². The van der Waals surface area contributed by atoms with E-state index in [0.717, 1.165) is 0 Å². The molecule has 0 radical (unpaired) electrons. The van der Waals surface area contributed by atoms with Crippen molar-refractivity contribution >= 4 is 17.9 Å². The minimum Gasteiger partial charge on any atom is -0.478 e. The highest BCUT2D eigenvalue weighted by molar-refractivity contribution is 6.07. The molecule has 1 fully saturated rings. The maximum Gasteiger partial charge on any atom is 0.331 e. The Morgan fingerprint density at radius 1 is 1.20 bits per heavy atom. The average molecular weight is 284 g/mol. The van der Waals surface area contributed by atoms with E-state index < -0.39 is 17.9 Å². The largest absolute Gasteiger partial charge is 0.478 e. The lowest BCUT2D eigenvalue weighted by Gasteiger charge is -2.36. The number of morpholine rings is 1. The summed E-state index contributed by atoms with van der Waals surface area (Å²) in [5.41, 5.74) is -0.0708. The van der Waals surface area contributed by atoms with Gasteiger partial charge >= 0.3 is 12.0 Å². The first-order valence-corrected chi connectivity index (χ1v) is 6.38. The van der Waals surface area contributed by atoms with Crippen molar-refractivity contribution < 1.29 is 24.2 Å². The molecule has 1 aliphatic heterocycles. The molecule has 3 amide bonds. The fraction of sp³-hybridized carbons (Fsp3) is 0.615. The van der Waals surface area contributed by atoms with Crippen molar-refractivity contribution in [1.29, 1.82) is 0 Å². The maximum atomic E-state index is 12.0. The van der Waals surface area contributed by atoms with Crippen LogP contribution in [0.25, 0.3) is 0 Å². The van der Waals surface area contributed by atoms with Crippen LogP contribution in [0.4, 0.5) is 4.79 Å². The van der Waals surface area contributed by atoms with Crippen LogP contribution in [-0.2, 0) is 14.3 Å². The Labute approximate surface area is 117 Å². The molecule has 0 saturated carbocycles. The fourth-order valence-corrected chi connectivity index (χ4v) is 1.78. The topological polar surface area (TPSA) is 95.9 Å². The highest BCUT2D eigenvalue weighted by Crippen LogP contribution is 2.12. The Morgan fingerprint density at radius 3 is 2.35 bits per heavy atom. The summed E-state index contributed by atoms with van der Waals surface area (Å²) in [7, 11) is 0. The van der Waals surface area contributed by atoms with Gasteiger partial charge in [0.2, 0.25) is 0 Å². The van der Waals surface area contributed by atoms with Gasteiger partial charge in [0.05, 0.1) is 18.8 Å². The highest BCUT2D eigenvalue weighted by atomic mass is 16.5. The smallest absolute Gasteiger partial charge is 0.331 e. The van der Waals surface area contributed by atoms with E-state index in [2.05, 4.69) is 5.32 Å². The monoisotopic (exact) mass is 284 g/mol. The summed E-state index contributed by atoms with van der Waals surface area (Å²) in [5.74, 6) is -1.88. The van der Waals surface area contributed by atoms with Crippen LogP contribution in [0.2, 0.25) is 0 Å². The zero-order valence-corrected chi connectivity index (χ0v) is 12.1. The number of amides is 3. The number of imide groups is 1. The zero-order valence-electron chi connectivity index (χ0n) is 12.1. The number of nitrogens with one attached hydrogen (secondary N) is 1. The van der Waals surface area contributed by atoms with E-state index in [1.807, 2.05) is 13.8 Å². The lowest BCUT2D eigenvalue weighted by molar-refractivity contribution is -0.133. The minimum atomic E-state index is -1.18. The lowest BCUT2D eigenvalue weighted by Crippen LogP contribution is -2.54. The predicted molar refractivity (Wildman–Crippen MR) is 71.1 cm³/mol. The van der Waals surface area contributed by atoms with E-state index in [9.17, 15) is 14.4 Å². The summed E-state index contributed by atoms with van der Waals surface area (Å²) < 4.78 is 5.40. The second-order valence-corrected chi connectivity index (χ2v) is 4.96. The van der Waals surface area contributed by atoms with Gasteiger partial charge in [-0.15, -0.1) is 0 Å². The third kappa shape index (κ3) is 3.80. The standard InChI is InChI=1S/C13H20N2O5/c1-7-6-20-8(2)5-15(7)13(19)14-11(16)9(3)10(4)12(17)18/h7-8H,5-6H2,1-4H3,(H,17,18)(H,14,16,19). The van der Waals surface area contributed by atoms with Crippen LogP contribution >= 0.6 is 0 Å². The summed E-state index contributed by atoms with van der Waals surface area (Å²) in [6.07, 6.45) is -0.0931. The molecular formula is C13H20N2O5. The highest BCUT2D eigenvalue weighted by Gasteiger charge is 2.28. The molecule has 0 aromatic heterocycles. The maximum absolute atomic E-state index is 12.0. The van der Waals surface area contributed by atoms with Gasteiger partial charge in [0.1, 0.15) is 0 Å². The number of carboxylic acids is 1. The van der Waals surface area contributed by atoms with E-state index in [0.29, 0.717) is 13.2 Å². The van der Waals surface area contributed by atoms with Crippen molar-refractivity contribution in [1.82, 2.24) is 10.2 Å². The molecule has 0 aromatic carbocycles.